The van der Waals surface area contributed by atoms with Gasteiger partial charge in [0.15, 0.2) is 6.61 Å². The van der Waals surface area contributed by atoms with Gasteiger partial charge in [0.1, 0.15) is 5.75 Å². The minimum Gasteiger partial charge on any atom is -0.484 e. The van der Waals surface area contributed by atoms with E-state index in [0.717, 1.165) is 12.1 Å². The Bertz CT molecular complexity index is 436. The van der Waals surface area contributed by atoms with Crippen LogP contribution in [-0.2, 0) is 11.0 Å². The van der Waals surface area contributed by atoms with Crippen molar-refractivity contribution in [2.45, 2.75) is 25.6 Å². The molecule has 1 aromatic rings. The van der Waals surface area contributed by atoms with Gasteiger partial charge >= 0.3 is 6.18 Å². The zero-order chi connectivity index (χ0) is 15.2. The third-order valence-corrected chi connectivity index (χ3v) is 2.47. The van der Waals surface area contributed by atoms with Crippen molar-refractivity contribution >= 4 is 18.3 Å². The van der Waals surface area contributed by atoms with Crippen LogP contribution in [0.1, 0.15) is 18.9 Å². The second-order valence-corrected chi connectivity index (χ2v) is 4.43. The lowest BCUT2D eigenvalue weighted by Crippen LogP contribution is -2.32. The highest BCUT2D eigenvalue weighted by Crippen LogP contribution is 2.30. The van der Waals surface area contributed by atoms with E-state index in [9.17, 15) is 18.0 Å². The van der Waals surface area contributed by atoms with Crippen molar-refractivity contribution < 1.29 is 22.7 Å². The van der Waals surface area contributed by atoms with Gasteiger partial charge in [-0.3, -0.25) is 4.79 Å². The van der Waals surface area contributed by atoms with Gasteiger partial charge in [-0.15, -0.1) is 12.4 Å². The van der Waals surface area contributed by atoms with Gasteiger partial charge in [-0.1, -0.05) is 0 Å². The molecule has 0 aromatic heterocycles. The van der Waals surface area contributed by atoms with E-state index in [1.807, 2.05) is 6.92 Å². The Hall–Kier alpha value is -1.47. The van der Waals surface area contributed by atoms with Crippen molar-refractivity contribution in [2.75, 3.05) is 13.2 Å². The maximum absolute atomic E-state index is 12.3. The maximum Gasteiger partial charge on any atom is 0.416 e. The molecule has 120 valence electrons. The van der Waals surface area contributed by atoms with Crippen LogP contribution in [0.4, 0.5) is 13.2 Å². The summed E-state index contributed by atoms with van der Waals surface area (Å²) in [4.78, 5) is 11.4. The molecule has 1 amide bonds. The standard InChI is InChI=1S/C13H17F3N2O2.ClH/c1-9(17)6-7-18-12(19)8-20-11-4-2-10(3-5-11)13(14,15)16;/h2-5,9H,6-8,17H2,1H3,(H,18,19);1H. The lowest BCUT2D eigenvalue weighted by atomic mass is 10.2. The first-order valence-electron chi connectivity index (χ1n) is 6.11. The Balaban J connectivity index is 0.00000400. The Labute approximate surface area is 127 Å². The molecule has 4 nitrogen and oxygen atoms in total. The lowest BCUT2D eigenvalue weighted by molar-refractivity contribution is -0.137. The second kappa shape index (κ2) is 8.74. The third kappa shape index (κ3) is 7.77. The summed E-state index contributed by atoms with van der Waals surface area (Å²) < 4.78 is 42.1. The number of nitrogens with two attached hydrogens (primary N) is 1. The van der Waals surface area contributed by atoms with Gasteiger partial charge < -0.3 is 15.8 Å². The summed E-state index contributed by atoms with van der Waals surface area (Å²) >= 11 is 0. The molecule has 0 bridgehead atoms. The molecule has 0 aliphatic rings. The van der Waals surface area contributed by atoms with Crippen LogP contribution in [0, 0.1) is 0 Å². The Kier molecular flexibility index (Phi) is 8.12. The van der Waals surface area contributed by atoms with Crippen LogP contribution in [-0.4, -0.2) is 25.1 Å². The number of ether oxygens (including phenoxy) is 1. The molecule has 1 rings (SSSR count). The average molecular weight is 327 g/mol. The minimum absolute atomic E-state index is 0. The molecule has 0 aliphatic carbocycles. The summed E-state index contributed by atoms with van der Waals surface area (Å²) in [6.45, 7) is 2.02. The van der Waals surface area contributed by atoms with E-state index in [1.165, 1.54) is 12.1 Å². The first-order chi connectivity index (χ1) is 9.29. The third-order valence-electron chi connectivity index (χ3n) is 2.47. The van der Waals surface area contributed by atoms with Gasteiger partial charge in [0.2, 0.25) is 0 Å². The van der Waals surface area contributed by atoms with E-state index in [1.54, 1.807) is 0 Å². The van der Waals surface area contributed by atoms with Crippen molar-refractivity contribution in [2.24, 2.45) is 5.73 Å². The predicted octanol–water partition coefficient (Wildman–Crippen LogP) is 2.36. The molecule has 21 heavy (non-hydrogen) atoms. The molecule has 0 saturated heterocycles. The molecular weight excluding hydrogens is 309 g/mol. The van der Waals surface area contributed by atoms with Crippen molar-refractivity contribution in [3.8, 4) is 5.75 Å². The van der Waals surface area contributed by atoms with Gasteiger partial charge in [-0.25, -0.2) is 0 Å². The van der Waals surface area contributed by atoms with E-state index < -0.39 is 11.7 Å². The van der Waals surface area contributed by atoms with Crippen LogP contribution in [0.25, 0.3) is 0 Å². The lowest BCUT2D eigenvalue weighted by Gasteiger charge is -2.10. The predicted molar refractivity (Wildman–Crippen MR) is 75.5 cm³/mol. The molecule has 1 atom stereocenters. The summed E-state index contributed by atoms with van der Waals surface area (Å²) in [5.41, 5.74) is 4.76. The van der Waals surface area contributed by atoms with E-state index in [2.05, 4.69) is 5.32 Å². The molecule has 0 fully saturated rings. The van der Waals surface area contributed by atoms with E-state index in [4.69, 9.17) is 10.5 Å². The minimum atomic E-state index is -4.38. The summed E-state index contributed by atoms with van der Waals surface area (Å²) in [7, 11) is 0. The SMILES string of the molecule is CC(N)CCNC(=O)COc1ccc(C(F)(F)F)cc1.Cl. The first-order valence-corrected chi connectivity index (χ1v) is 6.11. The number of carbonyl (C=O) groups excluding carboxylic acids is 1. The molecule has 8 heteroatoms. The molecule has 0 heterocycles. The van der Waals surface area contributed by atoms with Gasteiger partial charge in [0.25, 0.3) is 5.91 Å². The number of halogens is 4. The Morgan fingerprint density at radius 1 is 1.33 bits per heavy atom. The number of amides is 1. The topological polar surface area (TPSA) is 64.3 Å². The van der Waals surface area contributed by atoms with Crippen LogP contribution < -0.4 is 15.8 Å². The zero-order valence-electron chi connectivity index (χ0n) is 11.4. The van der Waals surface area contributed by atoms with Crippen molar-refractivity contribution in [3.05, 3.63) is 29.8 Å². The number of nitrogens with one attached hydrogen (secondary N) is 1. The molecule has 3 N–H and O–H groups in total. The van der Waals surface area contributed by atoms with Gasteiger partial charge in [0.05, 0.1) is 5.56 Å². The van der Waals surface area contributed by atoms with Gasteiger partial charge in [0, 0.05) is 12.6 Å². The normalized spacial score (nSPS) is 12.2. The molecular formula is C13H18ClF3N2O2. The van der Waals surface area contributed by atoms with Gasteiger partial charge in [-0.05, 0) is 37.6 Å². The maximum atomic E-state index is 12.3. The highest BCUT2D eigenvalue weighted by Gasteiger charge is 2.30. The number of alkyl halides is 3. The second-order valence-electron chi connectivity index (χ2n) is 4.43. The van der Waals surface area contributed by atoms with Crippen LogP contribution in [0.3, 0.4) is 0 Å². The summed E-state index contributed by atoms with van der Waals surface area (Å²) in [5, 5.41) is 2.60. The van der Waals surface area contributed by atoms with Crippen molar-refractivity contribution in [1.29, 1.82) is 0 Å². The Morgan fingerprint density at radius 3 is 2.38 bits per heavy atom. The summed E-state index contributed by atoms with van der Waals surface area (Å²) in [5.74, 6) is -0.133. The van der Waals surface area contributed by atoms with Gasteiger partial charge in [-0.2, -0.15) is 13.2 Å². The fraction of sp³-hybridized carbons (Fsp3) is 0.462. The van der Waals surface area contributed by atoms with Crippen molar-refractivity contribution in [3.63, 3.8) is 0 Å². The molecule has 0 radical (unpaired) electrons. The monoisotopic (exact) mass is 326 g/mol. The van der Waals surface area contributed by atoms with Crippen molar-refractivity contribution in [1.82, 2.24) is 5.32 Å². The molecule has 0 saturated carbocycles. The largest absolute Gasteiger partial charge is 0.484 e. The Morgan fingerprint density at radius 2 is 1.90 bits per heavy atom. The van der Waals surface area contributed by atoms with Crippen LogP contribution in [0.5, 0.6) is 5.75 Å². The van der Waals surface area contributed by atoms with Crippen LogP contribution in [0.2, 0.25) is 0 Å². The molecule has 1 unspecified atom stereocenters. The highest BCUT2D eigenvalue weighted by atomic mass is 35.5. The quantitative estimate of drug-likeness (QED) is 0.843. The number of benzene rings is 1. The molecule has 1 aromatic carbocycles. The fourth-order valence-electron chi connectivity index (χ4n) is 1.38. The number of rotatable bonds is 6. The smallest absolute Gasteiger partial charge is 0.416 e. The highest BCUT2D eigenvalue weighted by molar-refractivity contribution is 5.85. The van der Waals surface area contributed by atoms with Crippen LogP contribution >= 0.6 is 12.4 Å². The molecule has 0 aliphatic heterocycles. The average Bonchev–Trinajstić information content (AvgIpc) is 2.35. The van der Waals surface area contributed by atoms with E-state index in [0.29, 0.717) is 13.0 Å². The summed E-state index contributed by atoms with van der Waals surface area (Å²) in [6, 6.07) is 4.16. The number of hydrogen-bond donors (Lipinski definition) is 2. The first kappa shape index (κ1) is 19.5. The fourth-order valence-corrected chi connectivity index (χ4v) is 1.38. The summed E-state index contributed by atoms with van der Waals surface area (Å²) in [6.07, 6.45) is -3.74. The molecule has 0 spiro atoms. The van der Waals surface area contributed by atoms with E-state index >= 15 is 0 Å². The van der Waals surface area contributed by atoms with Crippen LogP contribution in [0.15, 0.2) is 24.3 Å². The zero-order valence-corrected chi connectivity index (χ0v) is 12.3. The van der Waals surface area contributed by atoms with E-state index in [-0.39, 0.29) is 36.7 Å². The number of hydrogen-bond acceptors (Lipinski definition) is 3. The number of carbonyl (C=O) groups is 1.